The summed E-state index contributed by atoms with van der Waals surface area (Å²) < 4.78 is 12.6. The Morgan fingerprint density at radius 2 is 1.91 bits per heavy atom. The molecule has 9 heteroatoms. The van der Waals surface area contributed by atoms with E-state index >= 15 is 0 Å². The van der Waals surface area contributed by atoms with Crippen LogP contribution < -0.4 is 9.47 Å². The quantitative estimate of drug-likeness (QED) is 0.268. The summed E-state index contributed by atoms with van der Waals surface area (Å²) in [6, 6.07) is 11.1. The van der Waals surface area contributed by atoms with Gasteiger partial charge in [-0.2, -0.15) is 0 Å². The minimum Gasteiger partial charge on any atom is -0.507 e. The van der Waals surface area contributed by atoms with Gasteiger partial charge in [-0.3, -0.25) is 9.59 Å². The topological polar surface area (TPSA) is 93.9 Å². The summed E-state index contributed by atoms with van der Waals surface area (Å²) in [6.07, 6.45) is 5.83. The van der Waals surface area contributed by atoms with Crippen molar-refractivity contribution >= 4 is 29.1 Å². The van der Waals surface area contributed by atoms with Gasteiger partial charge in [0.15, 0.2) is 0 Å². The fraction of sp³-hybridized carbons (Fsp3) is 0.269. The van der Waals surface area contributed by atoms with Crippen LogP contribution in [0.5, 0.6) is 11.5 Å². The standard InChI is InChI=1S/C26H26ClN3O5/c1-3-35-19-8-5-17(6-9-19)23-22(24(31)18-7-10-21(34-2)20(27)15-18)25(32)26(33)30(23)13-4-12-29-14-11-28-16-29/h5-11,14-16,23,31H,3-4,12-13H2,1-2H3/b24-22-. The van der Waals surface area contributed by atoms with Gasteiger partial charge in [-0.15, -0.1) is 0 Å². The van der Waals surface area contributed by atoms with Gasteiger partial charge in [-0.05, 0) is 49.2 Å². The van der Waals surface area contributed by atoms with Crippen LogP contribution in [-0.2, 0) is 16.1 Å². The molecule has 0 aliphatic carbocycles. The van der Waals surface area contributed by atoms with E-state index in [1.54, 1.807) is 48.9 Å². The lowest BCUT2D eigenvalue weighted by Crippen LogP contribution is -2.31. The molecule has 35 heavy (non-hydrogen) atoms. The number of ether oxygens (including phenoxy) is 2. The number of nitrogens with zero attached hydrogens (tertiary/aromatic N) is 3. The van der Waals surface area contributed by atoms with Crippen LogP contribution in [0.1, 0.15) is 30.5 Å². The summed E-state index contributed by atoms with van der Waals surface area (Å²) in [7, 11) is 1.49. The number of ketones is 1. The van der Waals surface area contributed by atoms with Crippen molar-refractivity contribution in [2.45, 2.75) is 25.9 Å². The Morgan fingerprint density at radius 3 is 2.54 bits per heavy atom. The molecule has 2 heterocycles. The van der Waals surface area contributed by atoms with E-state index in [0.717, 1.165) is 0 Å². The lowest BCUT2D eigenvalue weighted by Gasteiger charge is -2.25. The summed E-state index contributed by atoms with van der Waals surface area (Å²) in [5.41, 5.74) is 1.03. The summed E-state index contributed by atoms with van der Waals surface area (Å²) in [5.74, 6) is -0.572. The summed E-state index contributed by atoms with van der Waals surface area (Å²) >= 11 is 6.25. The lowest BCUT2D eigenvalue weighted by molar-refractivity contribution is -0.139. The molecule has 1 fully saturated rings. The number of aromatic nitrogens is 2. The number of aliphatic hydroxyl groups is 1. The van der Waals surface area contributed by atoms with Gasteiger partial charge in [0, 0.05) is 31.0 Å². The van der Waals surface area contributed by atoms with Crippen LogP contribution >= 0.6 is 11.6 Å². The van der Waals surface area contributed by atoms with Crippen molar-refractivity contribution in [3.8, 4) is 11.5 Å². The van der Waals surface area contributed by atoms with E-state index in [0.29, 0.717) is 48.7 Å². The number of rotatable bonds is 9. The highest BCUT2D eigenvalue weighted by molar-refractivity contribution is 6.46. The third-order valence-electron chi connectivity index (χ3n) is 5.85. The van der Waals surface area contributed by atoms with E-state index < -0.39 is 17.7 Å². The van der Waals surface area contributed by atoms with Crippen LogP contribution in [0.4, 0.5) is 0 Å². The molecule has 1 aliphatic heterocycles. The average Bonchev–Trinajstić information content (AvgIpc) is 3.46. The van der Waals surface area contributed by atoms with Crippen molar-refractivity contribution in [3.05, 3.63) is 82.9 Å². The van der Waals surface area contributed by atoms with E-state index in [2.05, 4.69) is 4.98 Å². The van der Waals surface area contributed by atoms with Gasteiger partial charge >= 0.3 is 0 Å². The number of aliphatic hydroxyl groups excluding tert-OH is 1. The Labute approximate surface area is 208 Å². The Morgan fingerprint density at radius 1 is 1.14 bits per heavy atom. The number of amides is 1. The second-order valence-corrected chi connectivity index (χ2v) is 8.41. The van der Waals surface area contributed by atoms with Gasteiger partial charge in [-0.1, -0.05) is 23.7 Å². The van der Waals surface area contributed by atoms with Gasteiger partial charge in [0.05, 0.1) is 36.7 Å². The molecule has 1 unspecified atom stereocenters. The molecule has 3 aromatic rings. The predicted octanol–water partition coefficient (Wildman–Crippen LogP) is 4.46. The van der Waals surface area contributed by atoms with Crippen LogP contribution in [0, 0.1) is 0 Å². The number of hydrogen-bond acceptors (Lipinski definition) is 6. The van der Waals surface area contributed by atoms with Crippen LogP contribution in [0.2, 0.25) is 5.02 Å². The molecule has 1 aliphatic rings. The SMILES string of the molecule is CCOc1ccc(C2/C(=C(/O)c3ccc(OC)c(Cl)c3)C(=O)C(=O)N2CCCn2ccnc2)cc1. The highest BCUT2D eigenvalue weighted by Crippen LogP contribution is 2.40. The number of benzene rings is 2. The predicted molar refractivity (Wildman–Crippen MR) is 131 cm³/mol. The third kappa shape index (κ3) is 5.02. The van der Waals surface area contributed by atoms with Crippen LogP contribution in [0.3, 0.4) is 0 Å². The molecular formula is C26H26ClN3O5. The fourth-order valence-corrected chi connectivity index (χ4v) is 4.44. The maximum Gasteiger partial charge on any atom is 0.295 e. The smallest absolute Gasteiger partial charge is 0.295 e. The van der Waals surface area contributed by atoms with Crippen molar-refractivity contribution in [2.75, 3.05) is 20.3 Å². The van der Waals surface area contributed by atoms with E-state index in [9.17, 15) is 14.7 Å². The van der Waals surface area contributed by atoms with Crippen LogP contribution in [0.15, 0.2) is 66.8 Å². The van der Waals surface area contributed by atoms with Gasteiger partial charge in [0.2, 0.25) is 0 Å². The summed E-state index contributed by atoms with van der Waals surface area (Å²) in [5, 5.41) is 11.5. The molecule has 1 amide bonds. The van der Waals surface area contributed by atoms with Crippen LogP contribution in [0.25, 0.3) is 5.76 Å². The fourth-order valence-electron chi connectivity index (χ4n) is 4.18. The number of carbonyl (C=O) groups excluding carboxylic acids is 2. The van der Waals surface area contributed by atoms with Crippen molar-refractivity contribution in [3.63, 3.8) is 0 Å². The first kappa shape index (κ1) is 24.3. The molecule has 8 nitrogen and oxygen atoms in total. The maximum absolute atomic E-state index is 13.2. The van der Waals surface area contributed by atoms with E-state index in [1.807, 2.05) is 17.7 Å². The molecule has 0 saturated carbocycles. The first-order valence-corrected chi connectivity index (χ1v) is 11.6. The first-order valence-electron chi connectivity index (χ1n) is 11.3. The van der Waals surface area contributed by atoms with Crippen molar-refractivity contribution in [1.82, 2.24) is 14.5 Å². The Kier molecular flexibility index (Phi) is 7.41. The number of Topliss-reactive ketones (excluding diaryl/α,β-unsaturated/α-hetero) is 1. The third-order valence-corrected chi connectivity index (χ3v) is 6.14. The molecule has 4 rings (SSSR count). The van der Waals surface area contributed by atoms with E-state index in [-0.39, 0.29) is 16.4 Å². The van der Waals surface area contributed by atoms with Gasteiger partial charge in [0.1, 0.15) is 17.3 Å². The second kappa shape index (κ2) is 10.7. The maximum atomic E-state index is 13.2. The summed E-state index contributed by atoms with van der Waals surface area (Å²) in [4.78, 5) is 31.8. The summed E-state index contributed by atoms with van der Waals surface area (Å²) in [6.45, 7) is 3.36. The van der Waals surface area contributed by atoms with Gasteiger partial charge in [-0.25, -0.2) is 4.98 Å². The normalized spacial score (nSPS) is 17.1. The molecule has 1 N–H and O–H groups in total. The largest absolute Gasteiger partial charge is 0.507 e. The molecule has 0 bridgehead atoms. The highest BCUT2D eigenvalue weighted by Gasteiger charge is 2.45. The van der Waals surface area contributed by atoms with E-state index in [1.165, 1.54) is 18.1 Å². The Hall–Kier alpha value is -3.78. The lowest BCUT2D eigenvalue weighted by atomic mass is 9.95. The number of methoxy groups -OCH3 is 1. The molecule has 1 saturated heterocycles. The zero-order valence-corrected chi connectivity index (χ0v) is 20.2. The zero-order valence-electron chi connectivity index (χ0n) is 19.5. The molecule has 182 valence electrons. The molecule has 0 spiro atoms. The minimum absolute atomic E-state index is 0.0167. The van der Waals surface area contributed by atoms with Crippen molar-refractivity contribution in [2.24, 2.45) is 0 Å². The molecule has 0 radical (unpaired) electrons. The number of carbonyl (C=O) groups is 2. The zero-order chi connectivity index (χ0) is 24.9. The highest BCUT2D eigenvalue weighted by atomic mass is 35.5. The molecule has 1 aromatic heterocycles. The van der Waals surface area contributed by atoms with Crippen molar-refractivity contribution in [1.29, 1.82) is 0 Å². The average molecular weight is 496 g/mol. The molecule has 1 atom stereocenters. The minimum atomic E-state index is -0.755. The number of likely N-dealkylation sites (tertiary alicyclic amines) is 1. The van der Waals surface area contributed by atoms with Crippen molar-refractivity contribution < 1.29 is 24.2 Å². The molecular weight excluding hydrogens is 470 g/mol. The van der Waals surface area contributed by atoms with Gasteiger partial charge < -0.3 is 24.0 Å². The first-order chi connectivity index (χ1) is 16.9. The Balaban J connectivity index is 1.73. The van der Waals surface area contributed by atoms with Gasteiger partial charge in [0.25, 0.3) is 11.7 Å². The number of hydrogen-bond donors (Lipinski definition) is 1. The molecule has 2 aromatic carbocycles. The number of aryl methyl sites for hydroxylation is 1. The Bertz CT molecular complexity index is 1240. The van der Waals surface area contributed by atoms with E-state index in [4.69, 9.17) is 21.1 Å². The number of imidazole rings is 1. The van der Waals surface area contributed by atoms with Crippen LogP contribution in [-0.4, -0.2) is 51.5 Å². The second-order valence-electron chi connectivity index (χ2n) is 8.00. The number of halogens is 1. The monoisotopic (exact) mass is 495 g/mol.